The molecule has 0 spiro atoms. The summed E-state index contributed by atoms with van der Waals surface area (Å²) in [6, 6.07) is 4.18. The van der Waals surface area contributed by atoms with Gasteiger partial charge < -0.3 is 16.4 Å². The van der Waals surface area contributed by atoms with Gasteiger partial charge in [0.1, 0.15) is 0 Å². The molecule has 0 fully saturated rings. The van der Waals surface area contributed by atoms with Crippen molar-refractivity contribution in [1.29, 1.82) is 0 Å². The maximum Gasteiger partial charge on any atom is 0.0502 e. The van der Waals surface area contributed by atoms with E-state index in [2.05, 4.69) is 43.2 Å². The highest BCUT2D eigenvalue weighted by Gasteiger charge is 2.24. The number of hydrogen-bond acceptors (Lipinski definition) is 3. The lowest BCUT2D eigenvalue weighted by Crippen LogP contribution is -2.29. The van der Waals surface area contributed by atoms with Crippen LogP contribution < -0.4 is 16.4 Å². The Hall–Kier alpha value is -2.00. The molecular weight excluding hydrogens is 234 g/mol. The molecule has 1 atom stereocenters. The van der Waals surface area contributed by atoms with Crippen molar-refractivity contribution < 1.29 is 0 Å². The lowest BCUT2D eigenvalue weighted by Gasteiger charge is -2.33. The highest BCUT2D eigenvalue weighted by molar-refractivity contribution is 5.84. The third-order valence-electron chi connectivity index (χ3n) is 3.99. The number of rotatable bonds is 0. The minimum atomic E-state index is -0.000977. The second-order valence-corrected chi connectivity index (χ2v) is 5.39. The van der Waals surface area contributed by atoms with Gasteiger partial charge in [-0.1, -0.05) is 11.6 Å². The van der Waals surface area contributed by atoms with Crippen LogP contribution in [0.4, 0.5) is 11.4 Å². The Morgan fingerprint density at radius 2 is 1.89 bits per heavy atom. The molecule has 2 aliphatic rings. The van der Waals surface area contributed by atoms with Gasteiger partial charge in [-0.3, -0.25) is 0 Å². The van der Waals surface area contributed by atoms with E-state index in [1.807, 2.05) is 13.0 Å². The first-order valence-electron chi connectivity index (χ1n) is 6.49. The summed E-state index contributed by atoms with van der Waals surface area (Å²) >= 11 is 0. The van der Waals surface area contributed by atoms with E-state index in [0.717, 1.165) is 22.6 Å². The summed E-state index contributed by atoms with van der Waals surface area (Å²) in [5.74, 6) is 0. The lowest BCUT2D eigenvalue weighted by atomic mass is 9.90. The predicted molar refractivity (Wildman–Crippen MR) is 81.8 cm³/mol. The SMILES string of the molecule is CC1=CC2=Cc3cc(C)c(N)cc3N(C)C2=CC1N. The summed E-state index contributed by atoms with van der Waals surface area (Å²) in [6.07, 6.45) is 6.49. The van der Waals surface area contributed by atoms with Crippen LogP contribution in [0.2, 0.25) is 0 Å². The molecule has 0 aromatic heterocycles. The van der Waals surface area contributed by atoms with Crippen LogP contribution in [0.5, 0.6) is 0 Å². The first-order valence-corrected chi connectivity index (χ1v) is 6.49. The molecule has 0 saturated heterocycles. The molecule has 3 nitrogen and oxygen atoms in total. The highest BCUT2D eigenvalue weighted by atomic mass is 15.1. The summed E-state index contributed by atoms with van der Waals surface area (Å²) in [4.78, 5) is 2.17. The number of hydrogen-bond donors (Lipinski definition) is 2. The molecule has 1 unspecified atom stereocenters. The Labute approximate surface area is 113 Å². The van der Waals surface area contributed by atoms with E-state index in [1.165, 1.54) is 16.7 Å². The third-order valence-corrected chi connectivity index (χ3v) is 3.99. The summed E-state index contributed by atoms with van der Waals surface area (Å²) < 4.78 is 0. The third kappa shape index (κ3) is 1.78. The average Bonchev–Trinajstić information content (AvgIpc) is 2.35. The first-order chi connectivity index (χ1) is 8.97. The minimum absolute atomic E-state index is 0.000977. The summed E-state index contributed by atoms with van der Waals surface area (Å²) in [5.41, 5.74) is 20.0. The van der Waals surface area contributed by atoms with Crippen molar-refractivity contribution in [3.63, 3.8) is 0 Å². The van der Waals surface area contributed by atoms with Crippen molar-refractivity contribution in [3.05, 3.63) is 52.3 Å². The van der Waals surface area contributed by atoms with Crippen molar-refractivity contribution in [2.24, 2.45) is 5.73 Å². The Bertz CT molecular complexity index is 650. The Balaban J connectivity index is 2.21. The maximum atomic E-state index is 6.10. The molecule has 1 heterocycles. The van der Waals surface area contributed by atoms with Gasteiger partial charge in [0.2, 0.25) is 0 Å². The Morgan fingerprint density at radius 3 is 2.63 bits per heavy atom. The van der Waals surface area contributed by atoms with E-state index < -0.39 is 0 Å². The van der Waals surface area contributed by atoms with Crippen molar-refractivity contribution in [3.8, 4) is 0 Å². The fourth-order valence-corrected chi connectivity index (χ4v) is 2.67. The van der Waals surface area contributed by atoms with Gasteiger partial charge >= 0.3 is 0 Å². The number of nitrogens with two attached hydrogens (primary N) is 2. The normalized spacial score (nSPS) is 21.2. The summed E-state index contributed by atoms with van der Waals surface area (Å²) in [6.45, 7) is 4.11. The molecule has 19 heavy (non-hydrogen) atoms. The van der Waals surface area contributed by atoms with E-state index in [-0.39, 0.29) is 6.04 Å². The summed E-state index contributed by atoms with van der Waals surface area (Å²) in [5, 5.41) is 0. The van der Waals surface area contributed by atoms with Gasteiger partial charge in [-0.25, -0.2) is 0 Å². The number of anilines is 2. The van der Waals surface area contributed by atoms with Crippen LogP contribution in [-0.2, 0) is 0 Å². The lowest BCUT2D eigenvalue weighted by molar-refractivity contribution is 0.904. The zero-order valence-corrected chi connectivity index (χ0v) is 11.6. The van der Waals surface area contributed by atoms with Gasteiger partial charge in [0.05, 0.1) is 5.69 Å². The van der Waals surface area contributed by atoms with Gasteiger partial charge in [0, 0.05) is 24.5 Å². The van der Waals surface area contributed by atoms with Gasteiger partial charge in [0.25, 0.3) is 0 Å². The molecule has 98 valence electrons. The molecule has 1 aromatic rings. The molecule has 3 rings (SSSR count). The number of aryl methyl sites for hydroxylation is 1. The average molecular weight is 253 g/mol. The molecule has 4 N–H and O–H groups in total. The molecule has 3 heteroatoms. The van der Waals surface area contributed by atoms with E-state index in [1.54, 1.807) is 0 Å². The number of nitrogens with zero attached hydrogens (tertiary/aromatic N) is 1. The van der Waals surface area contributed by atoms with Crippen LogP contribution in [0.15, 0.2) is 41.1 Å². The van der Waals surface area contributed by atoms with Crippen molar-refractivity contribution in [1.82, 2.24) is 0 Å². The second-order valence-electron chi connectivity index (χ2n) is 5.39. The smallest absolute Gasteiger partial charge is 0.0502 e. The number of nitrogen functional groups attached to an aromatic ring is 1. The van der Waals surface area contributed by atoms with Crippen LogP contribution in [0, 0.1) is 6.92 Å². The topological polar surface area (TPSA) is 55.3 Å². The Morgan fingerprint density at radius 1 is 1.16 bits per heavy atom. The number of benzene rings is 1. The van der Waals surface area contributed by atoms with Gasteiger partial charge in [-0.05, 0) is 54.8 Å². The fourth-order valence-electron chi connectivity index (χ4n) is 2.67. The number of allylic oxidation sites excluding steroid dienone is 1. The molecule has 0 amide bonds. The molecule has 1 aromatic carbocycles. The van der Waals surface area contributed by atoms with Gasteiger partial charge in [0.15, 0.2) is 0 Å². The van der Waals surface area contributed by atoms with Crippen LogP contribution in [-0.4, -0.2) is 13.1 Å². The van der Waals surface area contributed by atoms with E-state index in [9.17, 15) is 0 Å². The van der Waals surface area contributed by atoms with Crippen molar-refractivity contribution in [2.45, 2.75) is 19.9 Å². The quantitative estimate of drug-likeness (QED) is 0.699. The van der Waals surface area contributed by atoms with Crippen LogP contribution in [0.1, 0.15) is 18.1 Å². The fraction of sp³-hybridized carbons (Fsp3) is 0.250. The molecular formula is C16H19N3. The maximum absolute atomic E-state index is 6.10. The van der Waals surface area contributed by atoms with Crippen molar-refractivity contribution >= 4 is 17.5 Å². The molecule has 0 radical (unpaired) electrons. The standard InChI is InChI=1S/C16H19N3/c1-9-4-11-6-12-5-10(2)14(18)8-16(12)19(3)15(11)7-13(9)17/h4-8,13H,17-18H2,1-3H3. The zero-order valence-electron chi connectivity index (χ0n) is 11.6. The molecule has 0 saturated carbocycles. The van der Waals surface area contributed by atoms with Crippen LogP contribution >= 0.6 is 0 Å². The van der Waals surface area contributed by atoms with E-state index in [4.69, 9.17) is 11.5 Å². The van der Waals surface area contributed by atoms with E-state index in [0.29, 0.717) is 0 Å². The zero-order chi connectivity index (χ0) is 13.7. The molecule has 1 aliphatic heterocycles. The Kier molecular flexibility index (Phi) is 2.54. The second kappa shape index (κ2) is 4.00. The predicted octanol–water partition coefficient (Wildman–Crippen LogP) is 2.58. The number of likely N-dealkylation sites (N-methyl/N-ethyl adjacent to an activating group) is 1. The minimum Gasteiger partial charge on any atom is -0.398 e. The van der Waals surface area contributed by atoms with E-state index >= 15 is 0 Å². The first kappa shape index (κ1) is 12.1. The summed E-state index contributed by atoms with van der Waals surface area (Å²) in [7, 11) is 2.06. The van der Waals surface area contributed by atoms with Crippen LogP contribution in [0.25, 0.3) is 6.08 Å². The molecule has 0 bridgehead atoms. The monoisotopic (exact) mass is 253 g/mol. The van der Waals surface area contributed by atoms with Crippen LogP contribution in [0.3, 0.4) is 0 Å². The largest absolute Gasteiger partial charge is 0.398 e. The van der Waals surface area contributed by atoms with Gasteiger partial charge in [-0.2, -0.15) is 0 Å². The highest BCUT2D eigenvalue weighted by Crippen LogP contribution is 2.38. The van der Waals surface area contributed by atoms with Crippen molar-refractivity contribution in [2.75, 3.05) is 17.7 Å². The van der Waals surface area contributed by atoms with Gasteiger partial charge in [-0.15, -0.1) is 0 Å². The molecule has 1 aliphatic carbocycles. The number of fused-ring (bicyclic) bond motifs is 2.